The minimum absolute atomic E-state index is 0.0902. The van der Waals surface area contributed by atoms with Gasteiger partial charge in [-0.05, 0) is 32.9 Å². The van der Waals surface area contributed by atoms with E-state index in [2.05, 4.69) is 6.07 Å². The normalized spacial score (nSPS) is 9.21. The van der Waals surface area contributed by atoms with Crippen molar-refractivity contribution in [1.29, 1.82) is 0 Å². The molecule has 0 saturated carbocycles. The Kier molecular flexibility index (Phi) is 5.68. The smallest absolute Gasteiger partial charge is 0.193 e. The van der Waals surface area contributed by atoms with Gasteiger partial charge >= 0.3 is 0 Å². The lowest BCUT2D eigenvalue weighted by atomic mass is 10.00. The highest BCUT2D eigenvalue weighted by molar-refractivity contribution is 6.09. The molecule has 19 heavy (non-hydrogen) atoms. The number of benzene rings is 2. The van der Waals surface area contributed by atoms with Crippen LogP contribution < -0.4 is 0 Å². The zero-order chi connectivity index (χ0) is 14.3. The molecule has 2 rings (SSSR count). The molecular weight excluding hydrogens is 236 g/mol. The van der Waals surface area contributed by atoms with Crippen LogP contribution in [0.25, 0.3) is 0 Å². The summed E-state index contributed by atoms with van der Waals surface area (Å²) in [5.41, 5.74) is 3.76. The summed E-state index contributed by atoms with van der Waals surface area (Å²) >= 11 is 0. The first-order valence-electron chi connectivity index (χ1n) is 6.16. The van der Waals surface area contributed by atoms with Crippen LogP contribution in [0, 0.1) is 13.8 Å². The Morgan fingerprint density at radius 1 is 0.895 bits per heavy atom. The van der Waals surface area contributed by atoms with Crippen molar-refractivity contribution in [3.05, 3.63) is 70.8 Å². The number of hydrogen-bond acceptors (Lipinski definition) is 2. The number of carbonyl (C=O) groups is 2. The van der Waals surface area contributed by atoms with Crippen LogP contribution in [0.15, 0.2) is 48.5 Å². The van der Waals surface area contributed by atoms with Gasteiger partial charge in [0.25, 0.3) is 0 Å². The highest BCUT2D eigenvalue weighted by atomic mass is 16.1. The summed E-state index contributed by atoms with van der Waals surface area (Å²) in [6, 6.07) is 15.3. The van der Waals surface area contributed by atoms with Crippen molar-refractivity contribution in [3.8, 4) is 0 Å². The quantitative estimate of drug-likeness (QED) is 0.604. The lowest BCUT2D eigenvalue weighted by molar-refractivity contribution is -0.106. The van der Waals surface area contributed by atoms with Crippen LogP contribution >= 0.6 is 0 Å². The minimum Gasteiger partial charge on any atom is -0.304 e. The Labute approximate surface area is 114 Å². The molecule has 0 aliphatic heterocycles. The Morgan fingerprint density at radius 3 is 1.84 bits per heavy atom. The van der Waals surface area contributed by atoms with Gasteiger partial charge in [-0.1, -0.05) is 47.5 Å². The molecule has 0 aliphatic carbocycles. The van der Waals surface area contributed by atoms with Crippen molar-refractivity contribution in [2.45, 2.75) is 20.8 Å². The van der Waals surface area contributed by atoms with E-state index in [1.807, 2.05) is 56.3 Å². The Bertz CT molecular complexity index is 536. The van der Waals surface area contributed by atoms with Gasteiger partial charge in [0.1, 0.15) is 6.29 Å². The van der Waals surface area contributed by atoms with E-state index < -0.39 is 0 Å². The molecule has 0 aromatic heterocycles. The Morgan fingerprint density at radius 2 is 1.37 bits per heavy atom. The second kappa shape index (κ2) is 7.27. The molecule has 0 N–H and O–H groups in total. The van der Waals surface area contributed by atoms with Crippen molar-refractivity contribution in [3.63, 3.8) is 0 Å². The van der Waals surface area contributed by atoms with E-state index in [1.54, 1.807) is 0 Å². The predicted octanol–water partition coefficient (Wildman–Crippen LogP) is 3.74. The second-order valence-corrected chi connectivity index (χ2v) is 4.31. The highest BCUT2D eigenvalue weighted by Crippen LogP contribution is 2.13. The van der Waals surface area contributed by atoms with Crippen molar-refractivity contribution in [1.82, 2.24) is 0 Å². The Balaban J connectivity index is 0.000000550. The molecule has 0 bridgehead atoms. The SMILES string of the molecule is CC=O.Cc1cc(C)cc(C(=O)c2ccccc2)c1. The van der Waals surface area contributed by atoms with Crippen LogP contribution in [0.1, 0.15) is 34.0 Å². The van der Waals surface area contributed by atoms with Crippen molar-refractivity contribution >= 4 is 12.1 Å². The average Bonchev–Trinajstić information content (AvgIpc) is 2.39. The summed E-state index contributed by atoms with van der Waals surface area (Å²) in [6.07, 6.45) is 0.750. The average molecular weight is 254 g/mol. The monoisotopic (exact) mass is 254 g/mol. The lowest BCUT2D eigenvalue weighted by Gasteiger charge is -2.04. The number of aldehydes is 1. The second-order valence-electron chi connectivity index (χ2n) is 4.31. The fourth-order valence-corrected chi connectivity index (χ4v) is 1.86. The lowest BCUT2D eigenvalue weighted by Crippen LogP contribution is -2.01. The van der Waals surface area contributed by atoms with Crippen molar-refractivity contribution in [2.75, 3.05) is 0 Å². The molecule has 2 aromatic rings. The van der Waals surface area contributed by atoms with Gasteiger partial charge in [0.2, 0.25) is 0 Å². The molecule has 2 aromatic carbocycles. The molecular formula is C17H18O2. The highest BCUT2D eigenvalue weighted by Gasteiger charge is 2.08. The van der Waals surface area contributed by atoms with E-state index in [4.69, 9.17) is 4.79 Å². The first-order valence-corrected chi connectivity index (χ1v) is 6.16. The third kappa shape index (κ3) is 4.51. The van der Waals surface area contributed by atoms with E-state index in [0.717, 1.165) is 28.5 Å². The molecule has 0 fully saturated rings. The molecule has 0 spiro atoms. The maximum absolute atomic E-state index is 12.2. The van der Waals surface area contributed by atoms with Crippen LogP contribution in [-0.4, -0.2) is 12.1 Å². The topological polar surface area (TPSA) is 34.1 Å². The van der Waals surface area contributed by atoms with Crippen LogP contribution in [0.5, 0.6) is 0 Å². The number of hydrogen-bond donors (Lipinski definition) is 0. The summed E-state index contributed by atoms with van der Waals surface area (Å²) < 4.78 is 0. The van der Waals surface area contributed by atoms with Gasteiger partial charge in [0, 0.05) is 11.1 Å². The largest absolute Gasteiger partial charge is 0.304 e. The molecule has 0 radical (unpaired) electrons. The Hall–Kier alpha value is -2.22. The molecule has 0 heterocycles. The van der Waals surface area contributed by atoms with Crippen LogP contribution in [0.4, 0.5) is 0 Å². The van der Waals surface area contributed by atoms with Gasteiger partial charge < -0.3 is 4.79 Å². The number of ketones is 1. The summed E-state index contributed by atoms with van der Waals surface area (Å²) in [5.74, 6) is 0.0902. The van der Waals surface area contributed by atoms with Crippen molar-refractivity contribution in [2.24, 2.45) is 0 Å². The zero-order valence-electron chi connectivity index (χ0n) is 11.5. The van der Waals surface area contributed by atoms with E-state index in [0.29, 0.717) is 0 Å². The zero-order valence-corrected chi connectivity index (χ0v) is 11.5. The van der Waals surface area contributed by atoms with E-state index in [-0.39, 0.29) is 5.78 Å². The van der Waals surface area contributed by atoms with Gasteiger partial charge in [0.15, 0.2) is 5.78 Å². The molecule has 0 amide bonds. The predicted molar refractivity (Wildman–Crippen MR) is 77.5 cm³/mol. The van der Waals surface area contributed by atoms with Gasteiger partial charge in [-0.15, -0.1) is 0 Å². The number of carbonyl (C=O) groups excluding carboxylic acids is 2. The molecule has 0 unspecified atom stereocenters. The van der Waals surface area contributed by atoms with Crippen LogP contribution in [0.3, 0.4) is 0 Å². The van der Waals surface area contributed by atoms with Crippen LogP contribution in [0.2, 0.25) is 0 Å². The van der Waals surface area contributed by atoms with Gasteiger partial charge in [-0.25, -0.2) is 0 Å². The molecule has 2 heteroatoms. The first-order chi connectivity index (χ1) is 9.08. The number of aryl methyl sites for hydroxylation is 2. The van der Waals surface area contributed by atoms with E-state index >= 15 is 0 Å². The van der Waals surface area contributed by atoms with E-state index in [9.17, 15) is 4.79 Å². The summed E-state index contributed by atoms with van der Waals surface area (Å²) in [7, 11) is 0. The summed E-state index contributed by atoms with van der Waals surface area (Å²) in [6.45, 7) is 5.46. The third-order valence-corrected chi connectivity index (χ3v) is 2.52. The molecule has 2 nitrogen and oxygen atoms in total. The maximum atomic E-state index is 12.2. The van der Waals surface area contributed by atoms with Gasteiger partial charge in [0.05, 0.1) is 0 Å². The molecule has 0 aliphatic rings. The third-order valence-electron chi connectivity index (χ3n) is 2.52. The fraction of sp³-hybridized carbons (Fsp3) is 0.176. The number of rotatable bonds is 2. The minimum atomic E-state index is 0.0902. The van der Waals surface area contributed by atoms with Gasteiger partial charge in [-0.2, -0.15) is 0 Å². The summed E-state index contributed by atoms with van der Waals surface area (Å²) in [4.78, 5) is 21.0. The fourth-order valence-electron chi connectivity index (χ4n) is 1.86. The maximum Gasteiger partial charge on any atom is 0.193 e. The molecule has 0 saturated heterocycles. The van der Waals surface area contributed by atoms with Crippen molar-refractivity contribution < 1.29 is 9.59 Å². The van der Waals surface area contributed by atoms with E-state index in [1.165, 1.54) is 6.92 Å². The summed E-state index contributed by atoms with van der Waals surface area (Å²) in [5, 5.41) is 0. The van der Waals surface area contributed by atoms with Gasteiger partial charge in [-0.3, -0.25) is 4.79 Å². The standard InChI is InChI=1S/C15H14O.C2H4O/c1-11-8-12(2)10-14(9-11)15(16)13-6-4-3-5-7-13;1-2-3/h3-10H,1-2H3;2H,1H3. The van der Waals surface area contributed by atoms with Crippen LogP contribution in [-0.2, 0) is 4.79 Å². The molecule has 0 atom stereocenters. The molecule has 98 valence electrons. The first kappa shape index (κ1) is 14.8.